The largest absolute Gasteiger partial charge is 0.495 e. The fourth-order valence-electron chi connectivity index (χ4n) is 4.82. The minimum Gasteiger partial charge on any atom is -0.495 e. The zero-order valence-electron chi connectivity index (χ0n) is 20.8. The Bertz CT molecular complexity index is 1310. The Morgan fingerprint density at radius 3 is 1.95 bits per heavy atom. The Labute approximate surface area is 229 Å². The maximum Gasteiger partial charge on any atom is 0.389 e. The van der Waals surface area contributed by atoms with Gasteiger partial charge in [-0.1, -0.05) is 35.9 Å². The van der Waals surface area contributed by atoms with Crippen LogP contribution in [-0.2, 0) is 14.4 Å². The molecule has 2 heterocycles. The number of amides is 3. The number of aliphatic imine (C=N–C) groups is 1. The lowest BCUT2D eigenvalue weighted by atomic mass is 9.87. The van der Waals surface area contributed by atoms with Crippen molar-refractivity contribution in [3.05, 3.63) is 58.6 Å². The van der Waals surface area contributed by atoms with E-state index in [2.05, 4.69) is 10.3 Å². The lowest BCUT2D eigenvalue weighted by molar-refractivity contribution is -0.147. The fraction of sp³-hybridized carbons (Fsp3) is 0.385. The van der Waals surface area contributed by atoms with Crippen LogP contribution < -0.4 is 10.1 Å². The van der Waals surface area contributed by atoms with Crippen LogP contribution in [-0.4, -0.2) is 54.0 Å². The van der Waals surface area contributed by atoms with E-state index in [1.807, 2.05) is 0 Å². The lowest BCUT2D eigenvalue weighted by Crippen LogP contribution is -2.46. The van der Waals surface area contributed by atoms with E-state index >= 15 is 0 Å². The number of hydrogen-bond donors (Lipinski definition) is 1. The van der Waals surface area contributed by atoms with Gasteiger partial charge in [0.1, 0.15) is 5.75 Å². The first-order valence-electron chi connectivity index (χ1n) is 12.0. The minimum absolute atomic E-state index is 0.111. The van der Waals surface area contributed by atoms with Gasteiger partial charge in [0.2, 0.25) is 18.0 Å². The number of methoxy groups -OCH3 is 1. The average molecular weight is 590 g/mol. The molecule has 0 saturated carbocycles. The van der Waals surface area contributed by atoms with Crippen LogP contribution in [0.25, 0.3) is 0 Å². The molecule has 214 valence electrons. The van der Waals surface area contributed by atoms with Gasteiger partial charge in [0.15, 0.2) is 0 Å². The number of likely N-dealkylation sites (tertiary alicyclic amines) is 1. The third kappa shape index (κ3) is 6.24. The number of nitrogens with one attached hydrogen (secondary N) is 1. The van der Waals surface area contributed by atoms with E-state index in [4.69, 9.17) is 16.3 Å². The summed E-state index contributed by atoms with van der Waals surface area (Å²) in [5, 5.41) is 2.93. The van der Waals surface area contributed by atoms with Crippen molar-refractivity contribution in [2.24, 2.45) is 16.8 Å². The van der Waals surface area contributed by atoms with Crippen molar-refractivity contribution < 1.29 is 45.5 Å². The normalized spacial score (nSPS) is 21.6. The lowest BCUT2D eigenvalue weighted by Gasteiger charge is -2.22. The van der Waals surface area contributed by atoms with Gasteiger partial charge in [-0.2, -0.15) is 26.3 Å². The molecular formula is C26H22ClF6N3O4. The van der Waals surface area contributed by atoms with Crippen molar-refractivity contribution >= 4 is 40.7 Å². The molecule has 1 fully saturated rings. The van der Waals surface area contributed by atoms with Crippen LogP contribution in [0.3, 0.4) is 0 Å². The molecule has 2 aliphatic rings. The van der Waals surface area contributed by atoms with E-state index in [9.17, 15) is 40.7 Å². The van der Waals surface area contributed by atoms with Crippen LogP contribution in [0.15, 0.2) is 47.5 Å². The third-order valence-corrected chi connectivity index (χ3v) is 6.92. The Balaban J connectivity index is 1.80. The highest BCUT2D eigenvalue weighted by Gasteiger charge is 2.53. The highest BCUT2D eigenvalue weighted by Crippen LogP contribution is 2.41. The number of benzene rings is 2. The van der Waals surface area contributed by atoms with Gasteiger partial charge in [0, 0.05) is 29.0 Å². The SMILES string of the molecule is COc1cccc2c1NC(=O)[C@H](N1C(=O)[C@@H](CCC(F)(F)F)[C@@H](CCC(F)(F)F)C1=O)N=C2c1ccc(Cl)cc1. The summed E-state index contributed by atoms with van der Waals surface area (Å²) in [6.07, 6.45) is -16.2. The van der Waals surface area contributed by atoms with Crippen LogP contribution in [0.2, 0.25) is 5.02 Å². The van der Waals surface area contributed by atoms with Crippen LogP contribution in [0.5, 0.6) is 5.75 Å². The van der Waals surface area contributed by atoms with Crippen molar-refractivity contribution in [2.75, 3.05) is 12.4 Å². The number of fused-ring (bicyclic) bond motifs is 1. The first-order valence-corrected chi connectivity index (χ1v) is 12.4. The van der Waals surface area contributed by atoms with Gasteiger partial charge in [-0.15, -0.1) is 0 Å². The van der Waals surface area contributed by atoms with Gasteiger partial charge < -0.3 is 10.1 Å². The minimum atomic E-state index is -4.72. The van der Waals surface area contributed by atoms with Gasteiger partial charge >= 0.3 is 12.4 Å². The number of rotatable bonds is 7. The molecule has 1 saturated heterocycles. The summed E-state index contributed by atoms with van der Waals surface area (Å²) in [4.78, 5) is 44.9. The zero-order valence-corrected chi connectivity index (χ0v) is 21.5. The molecule has 0 spiro atoms. The number of alkyl halides is 6. The molecule has 2 aliphatic heterocycles. The number of carbonyl (C=O) groups excluding carboxylic acids is 3. The number of benzodiazepines with no additional fused rings is 1. The van der Waals surface area contributed by atoms with Crippen LogP contribution >= 0.6 is 11.6 Å². The smallest absolute Gasteiger partial charge is 0.389 e. The summed E-state index contributed by atoms with van der Waals surface area (Å²) in [6.45, 7) is 0. The molecule has 3 atom stereocenters. The summed E-state index contributed by atoms with van der Waals surface area (Å²) < 4.78 is 83.3. The average Bonchev–Trinajstić information content (AvgIpc) is 3.00. The Hall–Kier alpha value is -3.61. The third-order valence-electron chi connectivity index (χ3n) is 6.67. The second-order valence-corrected chi connectivity index (χ2v) is 9.73. The van der Waals surface area contributed by atoms with Crippen molar-refractivity contribution in [1.29, 1.82) is 0 Å². The molecular weight excluding hydrogens is 568 g/mol. The molecule has 0 bridgehead atoms. The fourth-order valence-corrected chi connectivity index (χ4v) is 4.94. The second-order valence-electron chi connectivity index (χ2n) is 9.30. The van der Waals surface area contributed by atoms with Gasteiger partial charge in [-0.3, -0.25) is 14.4 Å². The second kappa shape index (κ2) is 11.1. The number of imide groups is 1. The number of halogens is 7. The standard InChI is InChI=1S/C26H22ClF6N3O4/c1-40-18-4-2-3-17-19(13-5-7-14(27)8-6-13)34-21(22(37)35-20(17)18)36-23(38)15(9-11-25(28,29)30)16(24(36)39)10-12-26(31,32)33/h2-8,15-16,21H,9-12H2,1H3,(H,35,37)/t15-,16+,21-/m0/s1. The molecule has 3 amide bonds. The molecule has 1 N–H and O–H groups in total. The first kappa shape index (κ1) is 29.4. The molecule has 0 radical (unpaired) electrons. The molecule has 14 heteroatoms. The number of carbonyl (C=O) groups is 3. The monoisotopic (exact) mass is 589 g/mol. The molecule has 0 aliphatic carbocycles. The predicted molar refractivity (Wildman–Crippen MR) is 132 cm³/mol. The Kier molecular flexibility index (Phi) is 8.16. The van der Waals surface area contributed by atoms with Crippen molar-refractivity contribution in [3.8, 4) is 5.75 Å². The highest BCUT2D eigenvalue weighted by molar-refractivity contribution is 6.31. The molecule has 2 aromatic carbocycles. The number of anilines is 1. The molecule has 0 aromatic heterocycles. The summed E-state index contributed by atoms with van der Waals surface area (Å²) >= 11 is 6.00. The summed E-state index contributed by atoms with van der Waals surface area (Å²) in [7, 11) is 1.34. The molecule has 0 unspecified atom stereocenters. The Morgan fingerprint density at radius 1 is 0.900 bits per heavy atom. The van der Waals surface area contributed by atoms with E-state index < -0.39 is 73.8 Å². The van der Waals surface area contributed by atoms with E-state index in [0.717, 1.165) is 0 Å². The quantitative estimate of drug-likeness (QED) is 0.329. The number of para-hydroxylation sites is 1. The van der Waals surface area contributed by atoms with E-state index in [1.165, 1.54) is 25.3 Å². The van der Waals surface area contributed by atoms with Crippen molar-refractivity contribution in [3.63, 3.8) is 0 Å². The maximum absolute atomic E-state index is 13.4. The number of hydrogen-bond acceptors (Lipinski definition) is 5. The summed E-state index contributed by atoms with van der Waals surface area (Å²) in [5.41, 5.74) is 0.994. The van der Waals surface area contributed by atoms with Crippen molar-refractivity contribution in [1.82, 2.24) is 4.90 Å². The summed E-state index contributed by atoms with van der Waals surface area (Å²) in [6, 6.07) is 10.9. The van der Waals surface area contributed by atoms with Crippen molar-refractivity contribution in [2.45, 2.75) is 44.2 Å². The van der Waals surface area contributed by atoms with Gasteiger partial charge in [0.25, 0.3) is 5.91 Å². The molecule has 7 nitrogen and oxygen atoms in total. The first-order chi connectivity index (χ1) is 18.7. The van der Waals surface area contributed by atoms with Crippen LogP contribution in [0.1, 0.15) is 36.8 Å². The van der Waals surface area contributed by atoms with Gasteiger partial charge in [0.05, 0.1) is 30.3 Å². The van der Waals surface area contributed by atoms with Crippen LogP contribution in [0.4, 0.5) is 32.0 Å². The predicted octanol–water partition coefficient (Wildman–Crippen LogP) is 5.75. The van der Waals surface area contributed by atoms with Crippen LogP contribution in [0, 0.1) is 11.8 Å². The summed E-state index contributed by atoms with van der Waals surface area (Å²) in [5.74, 6) is -6.60. The zero-order chi connectivity index (χ0) is 29.4. The Morgan fingerprint density at radius 2 is 1.45 bits per heavy atom. The van der Waals surface area contributed by atoms with Gasteiger partial charge in [-0.05, 0) is 31.0 Å². The highest BCUT2D eigenvalue weighted by atomic mass is 35.5. The van der Waals surface area contributed by atoms with E-state index in [0.29, 0.717) is 21.0 Å². The maximum atomic E-state index is 13.4. The number of nitrogens with zero attached hydrogens (tertiary/aromatic N) is 2. The number of ether oxygens (including phenoxy) is 1. The molecule has 40 heavy (non-hydrogen) atoms. The topological polar surface area (TPSA) is 88.1 Å². The van der Waals surface area contributed by atoms with E-state index in [1.54, 1.807) is 24.3 Å². The molecule has 2 aromatic rings. The molecule has 4 rings (SSSR count). The van der Waals surface area contributed by atoms with Gasteiger partial charge in [-0.25, -0.2) is 9.89 Å². The van der Waals surface area contributed by atoms with E-state index in [-0.39, 0.29) is 17.1 Å².